The van der Waals surface area contributed by atoms with E-state index in [2.05, 4.69) is 10.6 Å². The van der Waals surface area contributed by atoms with Crippen molar-refractivity contribution in [3.05, 3.63) is 61.7 Å². The summed E-state index contributed by atoms with van der Waals surface area (Å²) in [7, 11) is 0. The molecular formula is C21H20ClF2IN2O4. The number of ketones is 1. The number of amides is 2. The Balaban J connectivity index is 2.34. The number of halogens is 4. The molecular weight excluding hydrogens is 545 g/mol. The number of anilines is 1. The summed E-state index contributed by atoms with van der Waals surface area (Å²) in [5.74, 6) is -3.83. The molecule has 0 aliphatic carbocycles. The second kappa shape index (κ2) is 9.90. The molecule has 10 heteroatoms. The van der Waals surface area contributed by atoms with Crippen LogP contribution in [0.15, 0.2) is 30.3 Å². The lowest BCUT2D eigenvalue weighted by atomic mass is 10.00. The van der Waals surface area contributed by atoms with Gasteiger partial charge in [-0.05, 0) is 74.6 Å². The Labute approximate surface area is 196 Å². The number of carbonyl (C=O) groups excluding carboxylic acids is 3. The van der Waals surface area contributed by atoms with Crippen molar-refractivity contribution in [3.8, 4) is 0 Å². The van der Waals surface area contributed by atoms with Crippen LogP contribution in [0.25, 0.3) is 0 Å². The van der Waals surface area contributed by atoms with Crippen LogP contribution in [-0.2, 0) is 9.53 Å². The molecule has 31 heavy (non-hydrogen) atoms. The van der Waals surface area contributed by atoms with Crippen LogP contribution in [0, 0.1) is 15.2 Å². The van der Waals surface area contributed by atoms with E-state index in [1.165, 1.54) is 19.1 Å². The van der Waals surface area contributed by atoms with Crippen molar-refractivity contribution >= 4 is 57.7 Å². The summed E-state index contributed by atoms with van der Waals surface area (Å²) in [6, 6.07) is 4.90. The fraction of sp³-hybridized carbons (Fsp3) is 0.286. The molecule has 0 spiro atoms. The van der Waals surface area contributed by atoms with E-state index in [1.54, 1.807) is 20.8 Å². The maximum atomic E-state index is 14.2. The smallest absolute Gasteiger partial charge is 0.408 e. The third-order valence-electron chi connectivity index (χ3n) is 3.90. The molecule has 2 rings (SSSR count). The molecule has 0 radical (unpaired) electrons. The molecule has 0 aromatic heterocycles. The zero-order chi connectivity index (χ0) is 23.5. The predicted molar refractivity (Wildman–Crippen MR) is 121 cm³/mol. The highest BCUT2D eigenvalue weighted by Crippen LogP contribution is 2.32. The van der Waals surface area contributed by atoms with Crippen molar-refractivity contribution in [2.24, 2.45) is 0 Å². The van der Waals surface area contributed by atoms with E-state index in [0.717, 1.165) is 18.2 Å². The monoisotopic (exact) mass is 564 g/mol. The molecule has 0 saturated heterocycles. The maximum absolute atomic E-state index is 14.2. The second-order valence-corrected chi connectivity index (χ2v) is 9.11. The molecule has 6 nitrogen and oxygen atoms in total. The summed E-state index contributed by atoms with van der Waals surface area (Å²) < 4.78 is 33.9. The van der Waals surface area contributed by atoms with Crippen LogP contribution < -0.4 is 10.6 Å². The Kier molecular flexibility index (Phi) is 7.98. The van der Waals surface area contributed by atoms with Crippen LogP contribution in [-0.4, -0.2) is 29.4 Å². The summed E-state index contributed by atoms with van der Waals surface area (Å²) in [5.41, 5.74) is -1.87. The van der Waals surface area contributed by atoms with Gasteiger partial charge >= 0.3 is 6.09 Å². The number of hydrogen-bond acceptors (Lipinski definition) is 4. The lowest BCUT2D eigenvalue weighted by Crippen LogP contribution is -2.44. The van der Waals surface area contributed by atoms with E-state index in [9.17, 15) is 23.2 Å². The molecule has 0 fully saturated rings. The van der Waals surface area contributed by atoms with Crippen molar-refractivity contribution in [2.75, 3.05) is 5.32 Å². The van der Waals surface area contributed by atoms with Crippen LogP contribution in [0.2, 0.25) is 5.02 Å². The Morgan fingerprint density at radius 3 is 2.19 bits per heavy atom. The highest BCUT2D eigenvalue weighted by molar-refractivity contribution is 14.1. The van der Waals surface area contributed by atoms with Gasteiger partial charge in [-0.15, -0.1) is 0 Å². The zero-order valence-electron chi connectivity index (χ0n) is 17.1. The number of hydrogen-bond donors (Lipinski definition) is 2. The molecule has 0 aliphatic rings. The lowest BCUT2D eigenvalue weighted by molar-refractivity contribution is -0.117. The van der Waals surface area contributed by atoms with Gasteiger partial charge in [0, 0.05) is 3.57 Å². The summed E-state index contributed by atoms with van der Waals surface area (Å²) in [6.45, 7) is 6.42. The molecule has 2 aromatic rings. The highest BCUT2D eigenvalue weighted by Gasteiger charge is 2.27. The third kappa shape index (κ3) is 6.36. The number of nitrogens with one attached hydrogen (secondary N) is 2. The number of ether oxygens (including phenoxy) is 1. The van der Waals surface area contributed by atoms with Gasteiger partial charge in [0.2, 0.25) is 11.7 Å². The summed E-state index contributed by atoms with van der Waals surface area (Å²) >= 11 is 8.11. The van der Waals surface area contributed by atoms with E-state index < -0.39 is 46.6 Å². The van der Waals surface area contributed by atoms with Crippen LogP contribution >= 0.6 is 34.2 Å². The lowest BCUT2D eigenvalue weighted by Gasteiger charge is -2.22. The Morgan fingerprint density at radius 2 is 1.65 bits per heavy atom. The molecule has 2 aromatic carbocycles. The number of benzene rings is 2. The number of rotatable bonds is 5. The van der Waals surface area contributed by atoms with Gasteiger partial charge in [-0.3, -0.25) is 9.59 Å². The first-order valence-corrected chi connectivity index (χ1v) is 10.5. The second-order valence-electron chi connectivity index (χ2n) is 7.57. The maximum Gasteiger partial charge on any atom is 0.408 e. The standard InChI is InChI=1S/C21H20ClF2IN2O4/c1-10(26-20(30)31-21(2,3)4)19(29)27-14-9-8-13(25)17(22)16(14)18(28)15-11(23)6-5-7-12(15)24/h5-10H,1-4H3,(H,26,30)(H,27,29)/t10-/m0/s1. The minimum absolute atomic E-state index is 0.0547. The van der Waals surface area contributed by atoms with Crippen molar-refractivity contribution in [2.45, 2.75) is 39.3 Å². The molecule has 0 unspecified atom stereocenters. The van der Waals surface area contributed by atoms with Gasteiger partial charge in [-0.1, -0.05) is 17.7 Å². The first-order valence-electron chi connectivity index (χ1n) is 9.09. The topological polar surface area (TPSA) is 84.5 Å². The minimum Gasteiger partial charge on any atom is -0.444 e. The zero-order valence-corrected chi connectivity index (χ0v) is 20.0. The van der Waals surface area contributed by atoms with E-state index in [4.69, 9.17) is 16.3 Å². The van der Waals surface area contributed by atoms with E-state index in [0.29, 0.717) is 3.57 Å². The molecule has 1 atom stereocenters. The third-order valence-corrected chi connectivity index (χ3v) is 5.51. The fourth-order valence-corrected chi connectivity index (χ4v) is 3.21. The van der Waals surface area contributed by atoms with Gasteiger partial charge in [-0.2, -0.15) is 0 Å². The SMILES string of the molecule is C[C@H](NC(=O)OC(C)(C)C)C(=O)Nc1ccc(I)c(Cl)c1C(=O)c1c(F)cccc1F. The number of alkyl carbamates (subject to hydrolysis) is 1. The van der Waals surface area contributed by atoms with Gasteiger partial charge in [0.25, 0.3) is 0 Å². The average Bonchev–Trinajstić information content (AvgIpc) is 2.62. The van der Waals surface area contributed by atoms with Crippen molar-refractivity contribution < 1.29 is 27.9 Å². The van der Waals surface area contributed by atoms with Gasteiger partial charge in [0.15, 0.2) is 0 Å². The quantitative estimate of drug-likeness (QED) is 0.381. The molecule has 0 bridgehead atoms. The van der Waals surface area contributed by atoms with Crippen LogP contribution in [0.3, 0.4) is 0 Å². The van der Waals surface area contributed by atoms with Crippen LogP contribution in [0.4, 0.5) is 19.3 Å². The molecule has 2 N–H and O–H groups in total. The molecule has 0 saturated carbocycles. The van der Waals surface area contributed by atoms with Gasteiger partial charge in [-0.25, -0.2) is 13.6 Å². The minimum atomic E-state index is -1.06. The first kappa shape index (κ1) is 25.0. The first-order chi connectivity index (χ1) is 14.3. The van der Waals surface area contributed by atoms with Gasteiger partial charge in [0.1, 0.15) is 23.3 Å². The summed E-state index contributed by atoms with van der Waals surface area (Å²) in [6.07, 6.45) is -0.805. The van der Waals surface area contributed by atoms with E-state index >= 15 is 0 Å². The van der Waals surface area contributed by atoms with Crippen LogP contribution in [0.1, 0.15) is 43.6 Å². The van der Waals surface area contributed by atoms with Crippen molar-refractivity contribution in [3.63, 3.8) is 0 Å². The van der Waals surface area contributed by atoms with E-state index in [-0.39, 0.29) is 16.3 Å². The average molecular weight is 565 g/mol. The number of carbonyl (C=O) groups is 3. The summed E-state index contributed by atoms with van der Waals surface area (Å²) in [5, 5.41) is 4.77. The highest BCUT2D eigenvalue weighted by atomic mass is 127. The fourth-order valence-electron chi connectivity index (χ4n) is 2.51. The molecule has 0 heterocycles. The van der Waals surface area contributed by atoms with Gasteiger partial charge in [0.05, 0.1) is 21.8 Å². The normalized spacial score (nSPS) is 12.1. The molecule has 2 amide bonds. The van der Waals surface area contributed by atoms with Crippen molar-refractivity contribution in [1.29, 1.82) is 0 Å². The molecule has 166 valence electrons. The Hall–Kier alpha value is -2.27. The predicted octanol–water partition coefficient (Wildman–Crippen LogP) is 5.31. The Morgan fingerprint density at radius 1 is 1.06 bits per heavy atom. The summed E-state index contributed by atoms with van der Waals surface area (Å²) in [4.78, 5) is 37.4. The van der Waals surface area contributed by atoms with E-state index in [1.807, 2.05) is 22.6 Å². The van der Waals surface area contributed by atoms with Gasteiger partial charge < -0.3 is 15.4 Å². The molecule has 0 aliphatic heterocycles. The van der Waals surface area contributed by atoms with Crippen LogP contribution in [0.5, 0.6) is 0 Å². The Bertz CT molecular complexity index is 1020. The van der Waals surface area contributed by atoms with Crippen molar-refractivity contribution in [1.82, 2.24) is 5.32 Å². The largest absolute Gasteiger partial charge is 0.444 e.